The molecule has 2 atom stereocenters. The first kappa shape index (κ1) is 211. The number of anilines is 2. The largest absolute Gasteiger partial charge is 0.441 e. The van der Waals surface area contributed by atoms with Gasteiger partial charge in [-0.05, 0) is 169 Å². The maximum atomic E-state index is 5.26. The predicted molar refractivity (Wildman–Crippen MR) is 582 cm³/mol. The number of thioether (sulfide) groups is 1. The van der Waals surface area contributed by atoms with Gasteiger partial charge < -0.3 is 85.0 Å². The molecule has 17 rings (SSSR count). The van der Waals surface area contributed by atoms with Gasteiger partial charge in [-0.1, -0.05) is 241 Å². The second-order valence-electron chi connectivity index (χ2n) is 25.9. The van der Waals surface area contributed by atoms with E-state index in [1.807, 2.05) is 137 Å². The summed E-state index contributed by atoms with van der Waals surface area (Å²) in [6.45, 7) is 35.6. The van der Waals surface area contributed by atoms with Crippen LogP contribution in [0.2, 0.25) is 0 Å². The van der Waals surface area contributed by atoms with Gasteiger partial charge in [0.05, 0.1) is 42.9 Å². The SMILES string of the molecule is C.C.C.C.C.C.C.C.C.C.CC1=Nc2ccccc2C1(C)C.CC1N(C)c2ccccc2C1(C)C.CCN1c2ccccc2SC1C.Cc1cc[n+]2c(c1)C(C)(C)c1ccccc1-2.Cc1ccccn1.Cc1ccnc2ccccc12.Cc1nc2ccccc2o1.Cc1nc2ccccc2s1.Cc1nn[c-]s1.[B].[B].[B].[B].[B].[B].[B].[B].[B].[CH3-].[CH3-].[CH3-].[CH3-].[CH3-].[CH3-].[CH3-].[CH3-].[Y].[Y].[Y].[Y].[Y].[Y].[Y].[Y].[Y]. The summed E-state index contributed by atoms with van der Waals surface area (Å²) in [6.07, 6.45) is 5.81. The number of hydrogen-bond acceptors (Lipinski definition) is 13. The number of benzene rings is 7. The van der Waals surface area contributed by atoms with E-state index in [1.54, 1.807) is 17.5 Å². The van der Waals surface area contributed by atoms with Crippen LogP contribution in [0.3, 0.4) is 0 Å². The van der Waals surface area contributed by atoms with Crippen molar-refractivity contribution in [3.8, 4) is 5.69 Å². The standard InChI is InChI=1S/C15H16N.C12H17N.C11H13N.C10H13NS.C10H9N.C8H7NO.C8H7NS.C6H7N.C3H3N2S.10CH4.8CH3.9B.9Y/c1-11-8-9-16-13-7-5-4-6-12(13)15(2,3)14(16)10-11;1-9-12(2,3)10-7-5-6-8-11(10)13(9)4;1-8-11(2,3)9-6-4-5-7-10(9)12-8;1-3-11-8(2)12-10-7-5-4-6-9(10)11;1-8-6-7-11-10-5-3-2-4-9(8)10;2*1-6-9-7-4-2-3-5-8(7)10-6;1-6-4-2-3-5-7-6;1-3-5-4-2-6-3;;;;;;;;;;;;;;;;;;;;;;;;;;;;;;;;;;;;/h4-10H,1-3H3;5-9H,1-4H3;4-7H,1-3H3;4-8H,3H2,1-2H3;2-7H,1H3;2*2-5H,1H3;2-5H,1H3;1H3;10*1H4;8*1H3;;;;;;;;;;;;;;;;;;/q+1;;;;;;;;-1;;;;;;;;;;;8*-1;;;;;;;;;;;;;;;;;;. The normalized spacial score (nSPS) is 11.2. The molecule has 0 saturated carbocycles. The zero-order valence-electron chi connectivity index (χ0n) is 77.7. The number of para-hydroxylation sites is 8. The number of nitrogens with zero attached hydrogens (tertiary/aromatic N) is 10. The molecule has 6 aromatic heterocycles. The number of aromatic nitrogens is 7. The van der Waals surface area contributed by atoms with E-state index in [1.165, 1.54) is 82.6 Å². The Balaban J connectivity index is -0.0000000349. The summed E-state index contributed by atoms with van der Waals surface area (Å²) in [5.74, 6) is 0.723. The van der Waals surface area contributed by atoms with Crippen LogP contribution in [0, 0.1) is 106 Å². The fourth-order valence-corrected chi connectivity index (χ4v) is 14.4. The first-order chi connectivity index (χ1) is 46.5. The van der Waals surface area contributed by atoms with Crippen molar-refractivity contribution < 1.29 is 303 Å². The topological polar surface area (TPSA) is 113 Å². The summed E-state index contributed by atoms with van der Waals surface area (Å²) >= 11 is 5.12. The molecule has 696 valence electrons. The Kier molecular flexibility index (Phi) is 164. The van der Waals surface area contributed by atoms with Crippen molar-refractivity contribution in [1.29, 1.82) is 0 Å². The predicted octanol–water partition coefficient (Wildman–Crippen LogP) is 27.6. The Morgan fingerprint density at radius 2 is 0.910 bits per heavy atom. The van der Waals surface area contributed by atoms with Crippen molar-refractivity contribution >= 4 is 165 Å². The minimum absolute atomic E-state index is 0. The van der Waals surface area contributed by atoms with Gasteiger partial charge in [-0.2, -0.15) is 4.57 Å². The van der Waals surface area contributed by atoms with E-state index in [4.69, 9.17) is 4.42 Å². The maximum absolute atomic E-state index is 5.26. The van der Waals surface area contributed by atoms with Gasteiger partial charge in [0.25, 0.3) is 0 Å². The third-order valence-corrected chi connectivity index (χ3v) is 20.8. The van der Waals surface area contributed by atoms with Crippen molar-refractivity contribution in [3.63, 3.8) is 0 Å². The summed E-state index contributed by atoms with van der Waals surface area (Å²) in [5.41, 5.74) is 22.9. The molecular weight excluding hydrogens is 2360 g/mol. The molecular formula is C101H156B9N10OS3Y9-8. The molecule has 4 aliphatic rings. The molecule has 133 heavy (non-hydrogen) atoms. The molecule has 13 aromatic rings. The Bertz CT molecular complexity index is 4660. The molecule has 4 aliphatic heterocycles. The van der Waals surface area contributed by atoms with Crippen LogP contribution in [0.4, 0.5) is 17.1 Å². The van der Waals surface area contributed by atoms with E-state index >= 15 is 0 Å². The van der Waals surface area contributed by atoms with Crippen LogP contribution in [0.5, 0.6) is 0 Å². The average Bonchev–Trinajstić information content (AvgIpc) is 1.59. The molecule has 32 heteroatoms. The fraction of sp³-hybridized carbons (Fsp3) is 0.327. The van der Waals surface area contributed by atoms with Crippen molar-refractivity contribution in [2.24, 2.45) is 4.99 Å². The molecule has 2 unspecified atom stereocenters. The van der Waals surface area contributed by atoms with Gasteiger partial charge in [-0.15, -0.1) is 11.3 Å². The minimum Gasteiger partial charge on any atom is -0.441 e. The third kappa shape index (κ3) is 58.4. The molecule has 0 saturated heterocycles. The number of aliphatic imine (C=N–C) groups is 1. The van der Waals surface area contributed by atoms with Gasteiger partial charge in [-0.25, -0.2) is 9.97 Å². The molecule has 0 aliphatic carbocycles. The molecule has 0 bridgehead atoms. The first-order valence-electron chi connectivity index (χ1n) is 33.1. The molecule has 0 N–H and O–H groups in total. The van der Waals surface area contributed by atoms with Gasteiger partial charge in [-0.3, -0.25) is 25.2 Å². The van der Waals surface area contributed by atoms with E-state index in [0.29, 0.717) is 11.4 Å². The van der Waals surface area contributed by atoms with Crippen LogP contribution in [0.15, 0.2) is 239 Å². The second-order valence-corrected chi connectivity index (χ2v) is 29.4. The molecule has 7 aromatic carbocycles. The van der Waals surface area contributed by atoms with E-state index < -0.39 is 0 Å². The average molecular weight is 2520 g/mol. The Hall–Kier alpha value is 1.31. The molecule has 36 radical (unpaired) electrons. The number of pyridine rings is 3. The number of hydrogen-bond donors (Lipinski definition) is 0. The van der Waals surface area contributed by atoms with Crippen LogP contribution in [0.25, 0.3) is 37.9 Å². The zero-order chi connectivity index (χ0) is 69.4. The Morgan fingerprint density at radius 3 is 1.37 bits per heavy atom. The third-order valence-electron chi connectivity index (χ3n) is 18.1. The van der Waals surface area contributed by atoms with E-state index in [0.717, 1.165) is 56.0 Å². The quantitative estimate of drug-likeness (QED) is 0.0894. The van der Waals surface area contributed by atoms with E-state index in [2.05, 4.69) is 267 Å². The minimum atomic E-state index is 0. The smallest absolute Gasteiger partial charge is 0.215 e. The van der Waals surface area contributed by atoms with Crippen LogP contribution in [0.1, 0.15) is 199 Å². The molecule has 10 heterocycles. The van der Waals surface area contributed by atoms with Crippen LogP contribution < -0.4 is 14.4 Å². The maximum Gasteiger partial charge on any atom is 0.215 e. The van der Waals surface area contributed by atoms with Gasteiger partial charge >= 0.3 is 0 Å². The Labute approximate surface area is 1080 Å². The summed E-state index contributed by atoms with van der Waals surface area (Å²) in [7, 11) is 2.18. The van der Waals surface area contributed by atoms with Crippen molar-refractivity contribution in [2.45, 2.75) is 218 Å². The Morgan fingerprint density at radius 1 is 0.451 bits per heavy atom. The molecule has 11 nitrogen and oxygen atoms in total. The number of rotatable bonds is 1. The number of fused-ring (bicyclic) bond motifs is 9. The fourth-order valence-electron chi connectivity index (χ4n) is 12.0. The number of thiazole rings is 1. The summed E-state index contributed by atoms with van der Waals surface area (Å²) in [5, 5.41) is 11.1. The number of likely N-dealkylation sites (N-methyl/N-ethyl adjacent to an activating group) is 1. The van der Waals surface area contributed by atoms with Crippen molar-refractivity contribution in [2.75, 3.05) is 23.4 Å². The van der Waals surface area contributed by atoms with Crippen LogP contribution in [-0.4, -0.2) is 137 Å². The first-order valence-corrected chi connectivity index (χ1v) is 35.6. The number of oxazole rings is 1. The van der Waals surface area contributed by atoms with E-state index in [-0.39, 0.29) is 520 Å². The van der Waals surface area contributed by atoms with Gasteiger partial charge in [0.2, 0.25) is 5.69 Å². The zero-order valence-corrected chi connectivity index (χ0v) is 106. The van der Waals surface area contributed by atoms with Crippen LogP contribution >= 0.6 is 34.4 Å². The monoisotopic (exact) mass is 2520 g/mol. The summed E-state index contributed by atoms with van der Waals surface area (Å²) < 4.78 is 8.84. The molecule has 0 spiro atoms. The molecule has 0 fully saturated rings. The van der Waals surface area contributed by atoms with Crippen molar-refractivity contribution in [3.05, 3.63) is 345 Å². The number of aryl methyl sites for hydroxylation is 6. The van der Waals surface area contributed by atoms with Gasteiger partial charge in [0.15, 0.2) is 23.4 Å². The van der Waals surface area contributed by atoms with Crippen molar-refractivity contribution in [1.82, 2.24) is 30.1 Å². The summed E-state index contributed by atoms with van der Waals surface area (Å²) in [4.78, 5) is 27.4. The second kappa shape index (κ2) is 103. The van der Waals surface area contributed by atoms with Gasteiger partial charge in [0.1, 0.15) is 5.52 Å². The van der Waals surface area contributed by atoms with Gasteiger partial charge in [0, 0.05) is 471 Å². The van der Waals surface area contributed by atoms with E-state index in [9.17, 15) is 0 Å². The van der Waals surface area contributed by atoms with Crippen LogP contribution in [-0.2, 0) is 311 Å². The summed E-state index contributed by atoms with van der Waals surface area (Å²) in [6, 6.07) is 71.4. The molecule has 0 amide bonds.